The Hall–Kier alpha value is -2.10. The molecule has 0 bridgehead atoms. The van der Waals surface area contributed by atoms with Crippen molar-refractivity contribution in [2.75, 3.05) is 49.1 Å². The molecule has 2 aromatic rings. The zero-order valence-electron chi connectivity index (χ0n) is 18.1. The molecule has 1 aliphatic carbocycles. The summed E-state index contributed by atoms with van der Waals surface area (Å²) in [5.41, 5.74) is 2.23. The van der Waals surface area contributed by atoms with E-state index < -0.39 is 0 Å². The zero-order chi connectivity index (χ0) is 20.8. The molecule has 2 aliphatic rings. The van der Waals surface area contributed by atoms with Gasteiger partial charge in [-0.25, -0.2) is 14.4 Å². The Kier molecular flexibility index (Phi) is 8.74. The normalized spacial score (nSPS) is 16.6. The summed E-state index contributed by atoms with van der Waals surface area (Å²) < 4.78 is 13.2. The number of hydrogen-bond donors (Lipinski definition) is 2. The Bertz CT molecular complexity index is 847. The lowest BCUT2D eigenvalue weighted by Crippen LogP contribution is -2.46. The van der Waals surface area contributed by atoms with Gasteiger partial charge in [-0.15, -0.1) is 24.0 Å². The lowest BCUT2D eigenvalue weighted by atomic mass is 10.2. The molecule has 168 valence electrons. The van der Waals surface area contributed by atoms with E-state index in [0.717, 1.165) is 68.2 Å². The van der Waals surface area contributed by atoms with Crippen molar-refractivity contribution in [3.8, 4) is 0 Å². The Morgan fingerprint density at radius 1 is 1.06 bits per heavy atom. The summed E-state index contributed by atoms with van der Waals surface area (Å²) in [4.78, 5) is 13.9. The summed E-state index contributed by atoms with van der Waals surface area (Å²) in [6.07, 6.45) is 4.53. The van der Waals surface area contributed by atoms with Crippen molar-refractivity contribution in [2.24, 2.45) is 10.9 Å². The quantitative estimate of drug-likeness (QED) is 0.321. The first-order valence-electron chi connectivity index (χ1n) is 10.9. The lowest BCUT2D eigenvalue weighted by molar-refractivity contribution is 0.624. The number of hydrogen-bond acceptors (Lipinski definition) is 4. The fraction of sp³-hybridized carbons (Fsp3) is 0.478. The van der Waals surface area contributed by atoms with Crippen LogP contribution in [0.1, 0.15) is 25.3 Å². The van der Waals surface area contributed by atoms with Gasteiger partial charge in [-0.2, -0.15) is 0 Å². The molecule has 1 saturated heterocycles. The Labute approximate surface area is 201 Å². The molecule has 8 heteroatoms. The van der Waals surface area contributed by atoms with Crippen LogP contribution in [0.5, 0.6) is 0 Å². The molecule has 0 radical (unpaired) electrons. The summed E-state index contributed by atoms with van der Waals surface area (Å²) in [7, 11) is 0. The van der Waals surface area contributed by atoms with Crippen LogP contribution in [0, 0.1) is 11.7 Å². The molecule has 1 aromatic carbocycles. The largest absolute Gasteiger partial charge is 0.368 e. The molecule has 2 fully saturated rings. The van der Waals surface area contributed by atoms with Crippen LogP contribution < -0.4 is 20.4 Å². The van der Waals surface area contributed by atoms with Crippen molar-refractivity contribution in [2.45, 2.75) is 26.3 Å². The van der Waals surface area contributed by atoms with Gasteiger partial charge in [-0.1, -0.05) is 0 Å². The van der Waals surface area contributed by atoms with Gasteiger partial charge in [0.1, 0.15) is 11.6 Å². The molecule has 0 unspecified atom stereocenters. The highest BCUT2D eigenvalue weighted by Gasteiger charge is 2.21. The second-order valence-corrected chi connectivity index (χ2v) is 7.99. The molecular weight excluding hydrogens is 506 g/mol. The highest BCUT2D eigenvalue weighted by molar-refractivity contribution is 14.0. The van der Waals surface area contributed by atoms with Gasteiger partial charge in [0.25, 0.3) is 0 Å². The number of guanidine groups is 1. The number of rotatable bonds is 7. The fourth-order valence-corrected chi connectivity index (χ4v) is 3.65. The first kappa shape index (κ1) is 23.6. The summed E-state index contributed by atoms with van der Waals surface area (Å²) in [5.74, 6) is 2.50. The summed E-state index contributed by atoms with van der Waals surface area (Å²) >= 11 is 0. The number of halogens is 2. The topological polar surface area (TPSA) is 55.8 Å². The molecule has 1 aromatic heterocycles. The zero-order valence-corrected chi connectivity index (χ0v) is 20.4. The molecule has 1 aliphatic heterocycles. The van der Waals surface area contributed by atoms with Crippen LogP contribution in [-0.2, 0) is 6.54 Å². The van der Waals surface area contributed by atoms with Gasteiger partial charge in [-0.05, 0) is 67.6 Å². The minimum atomic E-state index is -0.193. The van der Waals surface area contributed by atoms with Crippen LogP contribution in [0.2, 0.25) is 0 Å². The third-order valence-corrected chi connectivity index (χ3v) is 5.62. The first-order valence-corrected chi connectivity index (χ1v) is 10.9. The van der Waals surface area contributed by atoms with Crippen LogP contribution >= 0.6 is 24.0 Å². The monoisotopic (exact) mass is 538 g/mol. The number of benzene rings is 1. The predicted molar refractivity (Wildman–Crippen MR) is 136 cm³/mol. The predicted octanol–water partition coefficient (Wildman–Crippen LogP) is 3.63. The van der Waals surface area contributed by atoms with Gasteiger partial charge in [0.2, 0.25) is 0 Å². The highest BCUT2D eigenvalue weighted by atomic mass is 127. The van der Waals surface area contributed by atoms with Gasteiger partial charge in [0.05, 0.1) is 6.54 Å². The minimum Gasteiger partial charge on any atom is -0.368 e. The van der Waals surface area contributed by atoms with E-state index >= 15 is 0 Å². The fourth-order valence-electron chi connectivity index (χ4n) is 3.65. The average molecular weight is 538 g/mol. The van der Waals surface area contributed by atoms with E-state index in [1.54, 1.807) is 0 Å². The van der Waals surface area contributed by atoms with Gasteiger partial charge in [-0.3, -0.25) is 0 Å². The van der Waals surface area contributed by atoms with Gasteiger partial charge < -0.3 is 20.4 Å². The molecule has 1 saturated carbocycles. The van der Waals surface area contributed by atoms with E-state index in [9.17, 15) is 4.39 Å². The van der Waals surface area contributed by atoms with E-state index in [-0.39, 0.29) is 29.8 Å². The van der Waals surface area contributed by atoms with Gasteiger partial charge >= 0.3 is 0 Å². The van der Waals surface area contributed by atoms with Crippen LogP contribution in [0.4, 0.5) is 15.9 Å². The van der Waals surface area contributed by atoms with E-state index in [1.165, 1.54) is 25.0 Å². The number of aromatic nitrogens is 1. The summed E-state index contributed by atoms with van der Waals surface area (Å²) in [5, 5.41) is 6.76. The van der Waals surface area contributed by atoms with E-state index in [4.69, 9.17) is 4.99 Å². The lowest BCUT2D eigenvalue weighted by Gasteiger charge is -2.36. The molecule has 0 spiro atoms. The van der Waals surface area contributed by atoms with Crippen molar-refractivity contribution < 1.29 is 4.39 Å². The highest BCUT2D eigenvalue weighted by Crippen LogP contribution is 2.27. The van der Waals surface area contributed by atoms with Crippen LogP contribution in [0.25, 0.3) is 0 Å². The van der Waals surface area contributed by atoms with Crippen LogP contribution in [0.3, 0.4) is 0 Å². The first-order chi connectivity index (χ1) is 14.7. The Morgan fingerprint density at radius 2 is 1.77 bits per heavy atom. The van der Waals surface area contributed by atoms with Crippen LogP contribution in [-0.4, -0.2) is 50.2 Å². The third kappa shape index (κ3) is 6.95. The minimum absolute atomic E-state index is 0. The van der Waals surface area contributed by atoms with Crippen molar-refractivity contribution in [3.05, 3.63) is 54.0 Å². The third-order valence-electron chi connectivity index (χ3n) is 5.62. The number of nitrogens with one attached hydrogen (secondary N) is 2. The molecule has 6 nitrogen and oxygen atoms in total. The van der Waals surface area contributed by atoms with Crippen LogP contribution in [0.15, 0.2) is 47.6 Å². The Balaban J connectivity index is 0.00000272. The maximum Gasteiger partial charge on any atom is 0.191 e. The molecular formula is C23H32FIN6. The second-order valence-electron chi connectivity index (χ2n) is 7.99. The standard InChI is InChI=1S/C23H31FN6.HI/c1-2-25-23(27-16-18-3-4-18)28-17-19-9-10-26-22(15-19)30-13-11-29(12-14-30)21-7-5-20(24)6-8-21;/h5-10,15,18H,2-4,11-14,16-17H2,1H3,(H2,25,27,28);1H. The molecule has 4 rings (SSSR count). The van der Waals surface area contributed by atoms with Crippen molar-refractivity contribution in [1.82, 2.24) is 15.6 Å². The molecule has 0 amide bonds. The number of aliphatic imine (C=N–C) groups is 1. The smallest absolute Gasteiger partial charge is 0.191 e. The van der Waals surface area contributed by atoms with E-state index in [0.29, 0.717) is 6.54 Å². The molecule has 2 heterocycles. The maximum atomic E-state index is 13.2. The van der Waals surface area contributed by atoms with E-state index in [1.807, 2.05) is 24.4 Å². The number of nitrogens with zero attached hydrogens (tertiary/aromatic N) is 4. The SMILES string of the molecule is CCNC(=NCc1ccnc(N2CCN(c3ccc(F)cc3)CC2)c1)NCC1CC1.I. The molecule has 31 heavy (non-hydrogen) atoms. The maximum absolute atomic E-state index is 13.2. The van der Waals surface area contributed by atoms with Gasteiger partial charge in [0.15, 0.2) is 5.96 Å². The number of piperazine rings is 1. The van der Waals surface area contributed by atoms with Crippen molar-refractivity contribution in [3.63, 3.8) is 0 Å². The van der Waals surface area contributed by atoms with Crippen molar-refractivity contribution in [1.29, 1.82) is 0 Å². The second kappa shape index (κ2) is 11.5. The summed E-state index contributed by atoms with van der Waals surface area (Å²) in [6.45, 7) is 8.15. The number of pyridine rings is 1. The Morgan fingerprint density at radius 3 is 2.45 bits per heavy atom. The molecule has 2 N–H and O–H groups in total. The molecule has 0 atom stereocenters. The van der Waals surface area contributed by atoms with Gasteiger partial charge in [0, 0.05) is 51.2 Å². The van der Waals surface area contributed by atoms with Crippen molar-refractivity contribution >= 4 is 41.4 Å². The van der Waals surface area contributed by atoms with E-state index in [2.05, 4.69) is 38.4 Å². The average Bonchev–Trinajstić information content (AvgIpc) is 3.61. The summed E-state index contributed by atoms with van der Waals surface area (Å²) in [6, 6.07) is 10.9. The number of anilines is 2.